The summed E-state index contributed by atoms with van der Waals surface area (Å²) in [7, 11) is -1.31. The molecule has 1 aromatic heterocycles. The van der Waals surface area contributed by atoms with Crippen molar-refractivity contribution in [1.29, 1.82) is 0 Å². The van der Waals surface area contributed by atoms with E-state index in [0.29, 0.717) is 10.4 Å². The third-order valence-electron chi connectivity index (χ3n) is 4.18. The lowest BCUT2D eigenvalue weighted by atomic mass is 9.89. The van der Waals surface area contributed by atoms with Gasteiger partial charge in [0.05, 0.1) is 10.4 Å². The van der Waals surface area contributed by atoms with Gasteiger partial charge in [-0.2, -0.15) is 0 Å². The number of para-hydroxylation sites is 1. The molecule has 0 aliphatic carbocycles. The molecule has 1 N–H and O–H groups in total. The van der Waals surface area contributed by atoms with E-state index < -0.39 is 9.84 Å². The van der Waals surface area contributed by atoms with Gasteiger partial charge in [-0.1, -0.05) is 13.0 Å². The maximum absolute atomic E-state index is 11.9. The Morgan fingerprint density at radius 3 is 2.75 bits per heavy atom. The van der Waals surface area contributed by atoms with Crippen molar-refractivity contribution in [1.82, 2.24) is 14.9 Å². The van der Waals surface area contributed by atoms with Crippen LogP contribution in [0.5, 0.6) is 0 Å². The van der Waals surface area contributed by atoms with Gasteiger partial charge in [-0.15, -0.1) is 0 Å². The van der Waals surface area contributed by atoms with E-state index in [4.69, 9.17) is 0 Å². The molecule has 1 aromatic carbocycles. The van der Waals surface area contributed by atoms with E-state index in [1.165, 1.54) is 6.26 Å². The second-order valence-electron chi connectivity index (χ2n) is 5.88. The molecular formula is C14H19N3O2S. The first-order valence-electron chi connectivity index (χ1n) is 6.70. The van der Waals surface area contributed by atoms with Crippen LogP contribution < -0.4 is 5.32 Å². The van der Waals surface area contributed by atoms with Crippen molar-refractivity contribution in [2.45, 2.75) is 23.7 Å². The molecule has 1 saturated heterocycles. The normalized spacial score (nSPS) is 23.6. The molecule has 2 heterocycles. The largest absolute Gasteiger partial charge is 0.331 e. The number of nitrogens with one attached hydrogen (secondary N) is 1. The number of hydrogen-bond acceptors (Lipinski definition) is 4. The summed E-state index contributed by atoms with van der Waals surface area (Å²) in [4.78, 5) is 4.99. The lowest BCUT2D eigenvalue weighted by Crippen LogP contribution is -2.28. The SMILES string of the molecule is Cn1c(C2(C)CCNC2)nc2c(S(C)(=O)=O)cccc21. The Morgan fingerprint density at radius 2 is 2.15 bits per heavy atom. The minimum absolute atomic E-state index is 0.0391. The quantitative estimate of drug-likeness (QED) is 0.904. The van der Waals surface area contributed by atoms with Gasteiger partial charge in [0.25, 0.3) is 0 Å². The third-order valence-corrected chi connectivity index (χ3v) is 5.31. The Balaban J connectivity index is 2.30. The van der Waals surface area contributed by atoms with Crippen molar-refractivity contribution in [3.05, 3.63) is 24.0 Å². The molecule has 0 amide bonds. The minimum atomic E-state index is -3.27. The van der Waals surface area contributed by atoms with Gasteiger partial charge in [0.2, 0.25) is 0 Å². The van der Waals surface area contributed by atoms with Crippen LogP contribution in [0, 0.1) is 0 Å². The highest BCUT2D eigenvalue weighted by atomic mass is 32.2. The van der Waals surface area contributed by atoms with Gasteiger partial charge in [-0.05, 0) is 25.1 Å². The number of nitrogens with zero attached hydrogens (tertiary/aromatic N) is 2. The second kappa shape index (κ2) is 4.30. The summed E-state index contributed by atoms with van der Waals surface area (Å²) in [5.41, 5.74) is 1.42. The predicted molar refractivity (Wildman–Crippen MR) is 78.7 cm³/mol. The van der Waals surface area contributed by atoms with E-state index >= 15 is 0 Å². The molecule has 0 bridgehead atoms. The summed E-state index contributed by atoms with van der Waals surface area (Å²) in [5, 5.41) is 3.36. The Morgan fingerprint density at radius 1 is 1.40 bits per heavy atom. The summed E-state index contributed by atoms with van der Waals surface area (Å²) in [6.07, 6.45) is 2.24. The zero-order chi connectivity index (χ0) is 14.5. The van der Waals surface area contributed by atoms with Gasteiger partial charge in [0.15, 0.2) is 9.84 Å². The maximum atomic E-state index is 11.9. The Bertz CT molecular complexity index is 771. The fraction of sp³-hybridized carbons (Fsp3) is 0.500. The summed E-state index contributed by atoms with van der Waals surface area (Å²) < 4.78 is 25.8. The van der Waals surface area contributed by atoms with Crippen molar-refractivity contribution >= 4 is 20.9 Å². The first kappa shape index (κ1) is 13.6. The van der Waals surface area contributed by atoms with Gasteiger partial charge < -0.3 is 9.88 Å². The second-order valence-corrected chi connectivity index (χ2v) is 7.86. The summed E-state index contributed by atoms with van der Waals surface area (Å²) in [5.74, 6) is 0.952. The summed E-state index contributed by atoms with van der Waals surface area (Å²) >= 11 is 0. The van der Waals surface area contributed by atoms with Crippen LogP contribution in [-0.4, -0.2) is 37.3 Å². The van der Waals surface area contributed by atoms with E-state index in [2.05, 4.69) is 17.2 Å². The number of imidazole rings is 1. The molecule has 0 radical (unpaired) electrons. The van der Waals surface area contributed by atoms with Crippen molar-refractivity contribution in [2.24, 2.45) is 7.05 Å². The van der Waals surface area contributed by atoms with Crippen LogP contribution >= 0.6 is 0 Å². The van der Waals surface area contributed by atoms with Gasteiger partial charge in [0.1, 0.15) is 11.3 Å². The molecular weight excluding hydrogens is 274 g/mol. The molecule has 20 heavy (non-hydrogen) atoms. The Hall–Kier alpha value is -1.40. The standard InChI is InChI=1S/C14H19N3O2S/c1-14(7-8-15-9-14)13-16-12-10(17(13)2)5-4-6-11(12)20(3,18)19/h4-6,15H,7-9H2,1-3H3. The summed E-state index contributed by atoms with van der Waals surface area (Å²) in [6, 6.07) is 5.33. The van der Waals surface area contributed by atoms with Crippen LogP contribution in [0.15, 0.2) is 23.1 Å². The molecule has 0 saturated carbocycles. The zero-order valence-corrected chi connectivity index (χ0v) is 12.8. The smallest absolute Gasteiger partial charge is 0.177 e. The van der Waals surface area contributed by atoms with Crippen molar-refractivity contribution < 1.29 is 8.42 Å². The Kier molecular flexibility index (Phi) is 2.92. The molecule has 108 valence electrons. The molecule has 1 aliphatic rings. The van der Waals surface area contributed by atoms with Crippen molar-refractivity contribution in [3.8, 4) is 0 Å². The van der Waals surface area contributed by atoms with E-state index in [0.717, 1.165) is 30.9 Å². The highest BCUT2D eigenvalue weighted by Gasteiger charge is 2.35. The van der Waals surface area contributed by atoms with Crippen LogP contribution in [0.4, 0.5) is 0 Å². The van der Waals surface area contributed by atoms with Crippen LogP contribution in [0.25, 0.3) is 11.0 Å². The highest BCUT2D eigenvalue weighted by Crippen LogP contribution is 2.33. The third kappa shape index (κ3) is 1.94. The molecule has 6 heteroatoms. The maximum Gasteiger partial charge on any atom is 0.177 e. The number of benzene rings is 1. The van der Waals surface area contributed by atoms with Gasteiger partial charge in [-0.3, -0.25) is 0 Å². The number of fused-ring (bicyclic) bond motifs is 1. The fourth-order valence-corrected chi connectivity index (χ4v) is 3.86. The van der Waals surface area contributed by atoms with Crippen LogP contribution in [0.1, 0.15) is 19.2 Å². The minimum Gasteiger partial charge on any atom is -0.331 e. The lowest BCUT2D eigenvalue weighted by Gasteiger charge is -2.21. The van der Waals surface area contributed by atoms with Crippen LogP contribution in [0.2, 0.25) is 0 Å². The van der Waals surface area contributed by atoms with Gasteiger partial charge in [-0.25, -0.2) is 13.4 Å². The molecule has 1 aliphatic heterocycles. The number of aryl methyl sites for hydroxylation is 1. The number of hydrogen-bond donors (Lipinski definition) is 1. The first-order valence-corrected chi connectivity index (χ1v) is 8.59. The first-order chi connectivity index (χ1) is 9.33. The molecule has 5 nitrogen and oxygen atoms in total. The molecule has 0 spiro atoms. The highest BCUT2D eigenvalue weighted by molar-refractivity contribution is 7.91. The number of sulfone groups is 1. The van der Waals surface area contributed by atoms with E-state index in [9.17, 15) is 8.42 Å². The monoisotopic (exact) mass is 293 g/mol. The van der Waals surface area contributed by atoms with Crippen LogP contribution in [0.3, 0.4) is 0 Å². The molecule has 1 fully saturated rings. The van der Waals surface area contributed by atoms with E-state index in [-0.39, 0.29) is 5.41 Å². The number of rotatable bonds is 2. The van der Waals surface area contributed by atoms with Gasteiger partial charge in [0, 0.05) is 25.3 Å². The Labute approximate surface area is 118 Å². The summed E-state index contributed by atoms with van der Waals surface area (Å²) in [6.45, 7) is 4.02. The molecule has 3 rings (SSSR count). The van der Waals surface area contributed by atoms with E-state index in [1.807, 2.05) is 17.7 Å². The molecule has 2 aromatic rings. The average molecular weight is 293 g/mol. The van der Waals surface area contributed by atoms with E-state index in [1.54, 1.807) is 12.1 Å². The fourth-order valence-electron chi connectivity index (χ4n) is 3.04. The van der Waals surface area contributed by atoms with Crippen molar-refractivity contribution in [3.63, 3.8) is 0 Å². The average Bonchev–Trinajstić information content (AvgIpc) is 2.94. The predicted octanol–water partition coefficient (Wildman–Crippen LogP) is 1.23. The van der Waals surface area contributed by atoms with Crippen LogP contribution in [-0.2, 0) is 22.3 Å². The molecule has 1 unspecified atom stereocenters. The molecule has 1 atom stereocenters. The number of aromatic nitrogens is 2. The van der Waals surface area contributed by atoms with Gasteiger partial charge >= 0.3 is 0 Å². The van der Waals surface area contributed by atoms with Crippen molar-refractivity contribution in [2.75, 3.05) is 19.3 Å². The lowest BCUT2D eigenvalue weighted by molar-refractivity contribution is 0.475. The topological polar surface area (TPSA) is 64.0 Å². The zero-order valence-electron chi connectivity index (χ0n) is 12.0.